The molecule has 4 atom stereocenters. The van der Waals surface area contributed by atoms with Gasteiger partial charge in [0.25, 0.3) is 0 Å². The molecule has 0 saturated heterocycles. The van der Waals surface area contributed by atoms with Crippen molar-refractivity contribution in [2.75, 3.05) is 7.11 Å². The van der Waals surface area contributed by atoms with Gasteiger partial charge in [-0.2, -0.15) is 0 Å². The molecule has 22 heavy (non-hydrogen) atoms. The maximum atomic E-state index is 10.5. The minimum Gasteiger partial charge on any atom is -0.508 e. The van der Waals surface area contributed by atoms with Gasteiger partial charge in [-0.25, -0.2) is 0 Å². The van der Waals surface area contributed by atoms with E-state index >= 15 is 0 Å². The molecule has 1 aromatic rings. The number of phenols is 1. The molecule has 120 valence electrons. The van der Waals surface area contributed by atoms with Crippen molar-refractivity contribution in [1.82, 2.24) is 0 Å². The van der Waals surface area contributed by atoms with Crippen molar-refractivity contribution in [2.45, 2.75) is 51.9 Å². The number of phenolic OH excluding ortho intramolecular Hbond substituents is 1. The first-order valence-electron chi connectivity index (χ1n) is 8.55. The second-order valence-electron chi connectivity index (χ2n) is 7.45. The molecular formula is C20H28O2. The molecule has 2 aliphatic rings. The van der Waals surface area contributed by atoms with Crippen LogP contribution >= 0.6 is 0 Å². The molecule has 0 amide bonds. The van der Waals surface area contributed by atoms with Gasteiger partial charge in [0.2, 0.25) is 0 Å². The Hall–Kier alpha value is -1.44. The summed E-state index contributed by atoms with van der Waals surface area (Å²) in [5.74, 6) is 4.40. The van der Waals surface area contributed by atoms with Crippen molar-refractivity contribution in [3.8, 4) is 11.5 Å². The minimum absolute atomic E-state index is 0.396. The molecular weight excluding hydrogens is 272 g/mol. The van der Waals surface area contributed by atoms with E-state index in [1.807, 2.05) is 13.0 Å². The summed E-state index contributed by atoms with van der Waals surface area (Å²) in [7, 11) is 1.70. The van der Waals surface area contributed by atoms with Gasteiger partial charge >= 0.3 is 0 Å². The molecule has 1 N–H and O–H groups in total. The van der Waals surface area contributed by atoms with Crippen LogP contribution in [0.5, 0.6) is 11.5 Å². The van der Waals surface area contributed by atoms with E-state index in [-0.39, 0.29) is 0 Å². The fraction of sp³-hybridized carbons (Fsp3) is 0.600. The molecule has 2 heteroatoms. The van der Waals surface area contributed by atoms with Gasteiger partial charge in [0.1, 0.15) is 11.5 Å². The molecule has 1 aromatic carbocycles. The Kier molecular flexibility index (Phi) is 4.20. The van der Waals surface area contributed by atoms with Crippen molar-refractivity contribution in [1.29, 1.82) is 0 Å². The second kappa shape index (κ2) is 5.98. The summed E-state index contributed by atoms with van der Waals surface area (Å²) >= 11 is 0. The van der Waals surface area contributed by atoms with Gasteiger partial charge in [-0.05, 0) is 74.0 Å². The molecule has 0 spiro atoms. The molecule has 0 heterocycles. The first-order valence-corrected chi connectivity index (χ1v) is 8.55. The summed E-state index contributed by atoms with van der Waals surface area (Å²) < 4.78 is 5.56. The van der Waals surface area contributed by atoms with Crippen molar-refractivity contribution in [2.24, 2.45) is 17.8 Å². The largest absolute Gasteiger partial charge is 0.508 e. The molecule has 2 aliphatic carbocycles. The third-order valence-electron chi connectivity index (χ3n) is 5.61. The highest BCUT2D eigenvalue weighted by Crippen LogP contribution is 2.63. The number of aromatic hydroxyl groups is 1. The maximum Gasteiger partial charge on any atom is 0.126 e. The second-order valence-corrected chi connectivity index (χ2v) is 7.45. The Labute approximate surface area is 134 Å². The van der Waals surface area contributed by atoms with Crippen LogP contribution in [0.2, 0.25) is 0 Å². The van der Waals surface area contributed by atoms with Crippen LogP contribution in [0, 0.1) is 17.8 Å². The Bertz CT molecular complexity index is 575. The Balaban J connectivity index is 1.82. The lowest BCUT2D eigenvalue weighted by atomic mass is 9.91. The fourth-order valence-corrected chi connectivity index (χ4v) is 4.33. The zero-order chi connectivity index (χ0) is 15.9. The lowest BCUT2D eigenvalue weighted by Gasteiger charge is -2.15. The summed E-state index contributed by atoms with van der Waals surface area (Å²) in [6.45, 7) is 8.33. The Morgan fingerprint density at radius 3 is 2.73 bits per heavy atom. The highest BCUT2D eigenvalue weighted by Gasteiger charge is 2.52. The molecule has 0 bridgehead atoms. The highest BCUT2D eigenvalue weighted by molar-refractivity contribution is 5.50. The predicted molar refractivity (Wildman–Crippen MR) is 90.5 cm³/mol. The number of ether oxygens (including phenoxy) is 1. The molecule has 0 aliphatic heterocycles. The predicted octanol–water partition coefficient (Wildman–Crippen LogP) is 5.06. The lowest BCUT2D eigenvalue weighted by Crippen LogP contribution is -2.03. The molecule has 4 unspecified atom stereocenters. The van der Waals surface area contributed by atoms with Crippen LogP contribution in [0.1, 0.15) is 56.6 Å². The normalized spacial score (nSPS) is 29.8. The van der Waals surface area contributed by atoms with Gasteiger partial charge < -0.3 is 9.84 Å². The van der Waals surface area contributed by atoms with E-state index in [0.717, 1.165) is 47.5 Å². The topological polar surface area (TPSA) is 29.5 Å². The molecule has 2 fully saturated rings. The van der Waals surface area contributed by atoms with Gasteiger partial charge in [0.15, 0.2) is 0 Å². The number of allylic oxidation sites excluding steroid dienone is 1. The smallest absolute Gasteiger partial charge is 0.126 e. The molecule has 3 rings (SSSR count). The average Bonchev–Trinajstić information content (AvgIpc) is 3.17. The minimum atomic E-state index is 0.396. The average molecular weight is 300 g/mol. The van der Waals surface area contributed by atoms with Crippen LogP contribution in [0.25, 0.3) is 0 Å². The lowest BCUT2D eigenvalue weighted by molar-refractivity contribution is 0.368. The van der Waals surface area contributed by atoms with Gasteiger partial charge in [0, 0.05) is 5.56 Å². The number of methoxy groups -OCH3 is 1. The molecule has 2 nitrogen and oxygen atoms in total. The van der Waals surface area contributed by atoms with Crippen LogP contribution in [-0.2, 0) is 6.42 Å². The number of hydrogen-bond acceptors (Lipinski definition) is 2. The standard InChI is InChI=1S/C20H28O2/c1-12(2)5-7-16-18(21)10-14(11-19(16)22-4)20-15-8-6-13(3)9-17(15)20/h10-11,13,15,17,20-21H,1,5-9H2,2-4H3. The van der Waals surface area contributed by atoms with Crippen molar-refractivity contribution in [3.63, 3.8) is 0 Å². The van der Waals surface area contributed by atoms with Gasteiger partial charge in [-0.3, -0.25) is 0 Å². The van der Waals surface area contributed by atoms with Crippen LogP contribution in [0.4, 0.5) is 0 Å². The van der Waals surface area contributed by atoms with E-state index < -0.39 is 0 Å². The van der Waals surface area contributed by atoms with Gasteiger partial charge in [-0.15, -0.1) is 6.58 Å². The van der Waals surface area contributed by atoms with E-state index in [0.29, 0.717) is 11.7 Å². The van der Waals surface area contributed by atoms with Crippen molar-refractivity contribution < 1.29 is 9.84 Å². The monoisotopic (exact) mass is 300 g/mol. The summed E-state index contributed by atoms with van der Waals surface area (Å²) in [6.07, 6.45) is 5.72. The number of benzene rings is 1. The molecule has 0 radical (unpaired) electrons. The number of fused-ring (bicyclic) bond motifs is 1. The first kappa shape index (κ1) is 15.5. The third-order valence-corrected chi connectivity index (χ3v) is 5.61. The zero-order valence-electron chi connectivity index (χ0n) is 14.1. The molecule has 2 saturated carbocycles. The van der Waals surface area contributed by atoms with Crippen LogP contribution in [0.15, 0.2) is 24.3 Å². The quantitative estimate of drug-likeness (QED) is 0.770. The Morgan fingerprint density at radius 1 is 1.32 bits per heavy atom. The van der Waals surface area contributed by atoms with Crippen molar-refractivity contribution >= 4 is 0 Å². The van der Waals surface area contributed by atoms with Crippen LogP contribution < -0.4 is 4.74 Å². The summed E-state index contributed by atoms with van der Waals surface area (Å²) in [5.41, 5.74) is 3.33. The van der Waals surface area contributed by atoms with E-state index in [4.69, 9.17) is 4.74 Å². The van der Waals surface area contributed by atoms with E-state index in [1.54, 1.807) is 7.11 Å². The highest BCUT2D eigenvalue weighted by atomic mass is 16.5. The summed E-state index contributed by atoms with van der Waals surface area (Å²) in [4.78, 5) is 0. The SMILES string of the molecule is C=C(C)CCc1c(O)cc(C2C3CCC(C)CC32)cc1OC. The fourth-order valence-electron chi connectivity index (χ4n) is 4.33. The summed E-state index contributed by atoms with van der Waals surface area (Å²) in [6, 6.07) is 4.16. The number of rotatable bonds is 5. The third kappa shape index (κ3) is 2.88. The first-order chi connectivity index (χ1) is 10.5. The van der Waals surface area contributed by atoms with Crippen LogP contribution in [-0.4, -0.2) is 12.2 Å². The molecule has 0 aromatic heterocycles. The van der Waals surface area contributed by atoms with E-state index in [1.165, 1.54) is 24.8 Å². The number of hydrogen-bond donors (Lipinski definition) is 1. The van der Waals surface area contributed by atoms with E-state index in [9.17, 15) is 5.11 Å². The van der Waals surface area contributed by atoms with Crippen LogP contribution in [0.3, 0.4) is 0 Å². The van der Waals surface area contributed by atoms with Crippen molar-refractivity contribution in [3.05, 3.63) is 35.4 Å². The van der Waals surface area contributed by atoms with Gasteiger partial charge in [-0.1, -0.05) is 18.9 Å². The summed E-state index contributed by atoms with van der Waals surface area (Å²) in [5, 5.41) is 10.5. The Morgan fingerprint density at radius 2 is 2.09 bits per heavy atom. The van der Waals surface area contributed by atoms with E-state index in [2.05, 4.69) is 19.6 Å². The zero-order valence-corrected chi connectivity index (χ0v) is 14.1. The maximum absolute atomic E-state index is 10.5. The van der Waals surface area contributed by atoms with Gasteiger partial charge in [0.05, 0.1) is 7.11 Å².